The molecule has 2 unspecified atom stereocenters. The Kier molecular flexibility index (Phi) is 3.29. The Morgan fingerprint density at radius 3 is 3.06 bits per heavy atom. The summed E-state index contributed by atoms with van der Waals surface area (Å²) in [5, 5.41) is 6.47. The van der Waals surface area contributed by atoms with Crippen LogP contribution in [0, 0.1) is 0 Å². The molecule has 1 aromatic rings. The van der Waals surface area contributed by atoms with Gasteiger partial charge in [0.15, 0.2) is 0 Å². The summed E-state index contributed by atoms with van der Waals surface area (Å²) in [6, 6.07) is 4.34. The van der Waals surface area contributed by atoms with Crippen molar-refractivity contribution in [3.8, 4) is 0 Å². The van der Waals surface area contributed by atoms with Gasteiger partial charge in [0.1, 0.15) is 5.69 Å². The van der Waals surface area contributed by atoms with Gasteiger partial charge in [-0.3, -0.25) is 4.79 Å². The maximum atomic E-state index is 12.0. The quantitative estimate of drug-likeness (QED) is 0.779. The third kappa shape index (κ3) is 2.27. The van der Waals surface area contributed by atoms with Gasteiger partial charge in [-0.2, -0.15) is 0 Å². The van der Waals surface area contributed by atoms with E-state index in [9.17, 15) is 4.79 Å². The molecule has 0 spiro atoms. The van der Waals surface area contributed by atoms with Gasteiger partial charge in [0.2, 0.25) is 0 Å². The van der Waals surface area contributed by atoms with E-state index < -0.39 is 0 Å². The van der Waals surface area contributed by atoms with E-state index in [1.54, 1.807) is 0 Å². The van der Waals surface area contributed by atoms with E-state index in [4.69, 9.17) is 0 Å². The highest BCUT2D eigenvalue weighted by atomic mass is 16.2. The fourth-order valence-corrected chi connectivity index (χ4v) is 2.18. The van der Waals surface area contributed by atoms with Crippen molar-refractivity contribution in [3.05, 3.63) is 24.0 Å². The number of amides is 1. The highest BCUT2D eigenvalue weighted by Crippen LogP contribution is 2.09. The largest absolute Gasteiger partial charge is 0.347 e. The fourth-order valence-electron chi connectivity index (χ4n) is 2.18. The molecule has 1 aliphatic heterocycles. The third-order valence-electron chi connectivity index (χ3n) is 3.25. The zero-order valence-corrected chi connectivity index (χ0v) is 9.86. The van der Waals surface area contributed by atoms with Crippen molar-refractivity contribution < 1.29 is 4.79 Å². The van der Waals surface area contributed by atoms with Gasteiger partial charge >= 0.3 is 0 Å². The average Bonchev–Trinajstić information content (AvgIpc) is 2.68. The van der Waals surface area contributed by atoms with Crippen LogP contribution in [0.4, 0.5) is 0 Å². The number of aromatic nitrogens is 1. The molecular formula is C12H19N3O. The molecule has 2 rings (SSSR count). The summed E-state index contributed by atoms with van der Waals surface area (Å²) in [6.45, 7) is 3.17. The molecular weight excluding hydrogens is 202 g/mol. The van der Waals surface area contributed by atoms with Crippen LogP contribution in [0.15, 0.2) is 18.3 Å². The van der Waals surface area contributed by atoms with E-state index in [-0.39, 0.29) is 11.9 Å². The summed E-state index contributed by atoms with van der Waals surface area (Å²) in [7, 11) is 1.89. The lowest BCUT2D eigenvalue weighted by Gasteiger charge is -2.30. The normalized spacial score (nSPS) is 25.4. The second kappa shape index (κ2) is 4.70. The summed E-state index contributed by atoms with van der Waals surface area (Å²) >= 11 is 0. The van der Waals surface area contributed by atoms with Crippen LogP contribution < -0.4 is 10.6 Å². The highest BCUT2D eigenvalue weighted by molar-refractivity contribution is 5.92. The Hall–Kier alpha value is -1.29. The number of piperidine rings is 1. The SMILES string of the molecule is CC1NCCCC1NC(=O)c1cccn1C. The number of nitrogens with one attached hydrogen (secondary N) is 2. The van der Waals surface area contributed by atoms with Crippen LogP contribution >= 0.6 is 0 Å². The number of rotatable bonds is 2. The van der Waals surface area contributed by atoms with Crippen LogP contribution in [0.2, 0.25) is 0 Å². The molecule has 0 aliphatic carbocycles. The van der Waals surface area contributed by atoms with Crippen LogP contribution in [0.1, 0.15) is 30.3 Å². The number of nitrogens with zero attached hydrogens (tertiary/aromatic N) is 1. The Labute approximate surface area is 96.0 Å². The van der Waals surface area contributed by atoms with E-state index >= 15 is 0 Å². The predicted molar refractivity (Wildman–Crippen MR) is 63.4 cm³/mol. The number of aryl methyl sites for hydroxylation is 1. The molecule has 2 atom stereocenters. The summed E-state index contributed by atoms with van der Waals surface area (Å²) < 4.78 is 1.84. The summed E-state index contributed by atoms with van der Waals surface area (Å²) in [5.41, 5.74) is 0.720. The Balaban J connectivity index is 1.99. The molecule has 4 heteroatoms. The van der Waals surface area contributed by atoms with Crippen LogP contribution in [0.5, 0.6) is 0 Å². The first-order chi connectivity index (χ1) is 7.68. The highest BCUT2D eigenvalue weighted by Gasteiger charge is 2.23. The number of carbonyl (C=O) groups is 1. The van der Waals surface area contributed by atoms with Crippen molar-refractivity contribution >= 4 is 5.91 Å². The van der Waals surface area contributed by atoms with Gasteiger partial charge in [-0.05, 0) is 38.4 Å². The third-order valence-corrected chi connectivity index (χ3v) is 3.25. The first-order valence-electron chi connectivity index (χ1n) is 5.84. The first-order valence-corrected chi connectivity index (χ1v) is 5.84. The molecule has 0 aromatic carbocycles. The van der Waals surface area contributed by atoms with Gasteiger partial charge in [-0.1, -0.05) is 0 Å². The molecule has 0 saturated carbocycles. The monoisotopic (exact) mass is 221 g/mol. The van der Waals surface area contributed by atoms with Crippen LogP contribution in [-0.2, 0) is 7.05 Å². The Morgan fingerprint density at radius 1 is 1.62 bits per heavy atom. The van der Waals surface area contributed by atoms with Crippen LogP contribution in [0.3, 0.4) is 0 Å². The van der Waals surface area contributed by atoms with Crippen LogP contribution in [0.25, 0.3) is 0 Å². The first kappa shape index (κ1) is 11.2. The zero-order chi connectivity index (χ0) is 11.5. The molecule has 1 amide bonds. The molecule has 1 aromatic heterocycles. The van der Waals surface area contributed by atoms with Crippen molar-refractivity contribution in [1.82, 2.24) is 15.2 Å². The number of hydrogen-bond acceptors (Lipinski definition) is 2. The topological polar surface area (TPSA) is 46.1 Å². The molecule has 1 aliphatic rings. The minimum absolute atomic E-state index is 0.0213. The summed E-state index contributed by atoms with van der Waals surface area (Å²) in [4.78, 5) is 12.0. The van der Waals surface area contributed by atoms with Gasteiger partial charge in [0.25, 0.3) is 5.91 Å². The minimum atomic E-state index is 0.0213. The fraction of sp³-hybridized carbons (Fsp3) is 0.583. The summed E-state index contributed by atoms with van der Waals surface area (Å²) in [5.74, 6) is 0.0213. The van der Waals surface area contributed by atoms with Gasteiger partial charge < -0.3 is 15.2 Å². The number of hydrogen-bond donors (Lipinski definition) is 2. The average molecular weight is 221 g/mol. The second-order valence-corrected chi connectivity index (χ2v) is 4.47. The maximum Gasteiger partial charge on any atom is 0.268 e. The van der Waals surface area contributed by atoms with E-state index in [1.165, 1.54) is 0 Å². The number of carbonyl (C=O) groups excluding carboxylic acids is 1. The minimum Gasteiger partial charge on any atom is -0.347 e. The molecule has 2 heterocycles. The summed E-state index contributed by atoms with van der Waals surface area (Å²) in [6.07, 6.45) is 4.07. The molecule has 1 saturated heterocycles. The van der Waals surface area contributed by atoms with Crippen molar-refractivity contribution in [2.75, 3.05) is 6.54 Å². The Bertz CT molecular complexity index is 372. The van der Waals surface area contributed by atoms with Crippen molar-refractivity contribution in [2.24, 2.45) is 7.05 Å². The molecule has 4 nitrogen and oxygen atoms in total. The molecule has 1 fully saturated rings. The lowest BCUT2D eigenvalue weighted by molar-refractivity contribution is 0.0911. The van der Waals surface area contributed by atoms with Crippen molar-refractivity contribution in [3.63, 3.8) is 0 Å². The van der Waals surface area contributed by atoms with Crippen molar-refractivity contribution in [2.45, 2.75) is 31.8 Å². The Morgan fingerprint density at radius 2 is 2.44 bits per heavy atom. The van der Waals surface area contributed by atoms with Crippen molar-refractivity contribution in [1.29, 1.82) is 0 Å². The zero-order valence-electron chi connectivity index (χ0n) is 9.86. The molecule has 16 heavy (non-hydrogen) atoms. The molecule has 2 N–H and O–H groups in total. The molecule has 0 bridgehead atoms. The predicted octanol–water partition coefficient (Wildman–Crippen LogP) is 0.895. The standard InChI is InChI=1S/C12H19N3O/c1-9-10(5-3-7-13-9)14-12(16)11-6-4-8-15(11)2/h4,6,8-10,13H,3,5,7H2,1-2H3,(H,14,16). The van der Waals surface area contributed by atoms with Gasteiger partial charge in [-0.25, -0.2) is 0 Å². The van der Waals surface area contributed by atoms with E-state index in [2.05, 4.69) is 17.6 Å². The lowest BCUT2D eigenvalue weighted by Crippen LogP contribution is -2.52. The van der Waals surface area contributed by atoms with E-state index in [0.717, 1.165) is 25.1 Å². The van der Waals surface area contributed by atoms with Crippen LogP contribution in [-0.4, -0.2) is 29.1 Å². The van der Waals surface area contributed by atoms with Gasteiger partial charge in [0.05, 0.1) is 0 Å². The van der Waals surface area contributed by atoms with E-state index in [1.807, 2.05) is 29.9 Å². The maximum absolute atomic E-state index is 12.0. The van der Waals surface area contributed by atoms with Gasteiger partial charge in [0, 0.05) is 25.3 Å². The molecule has 88 valence electrons. The molecule has 0 radical (unpaired) electrons. The smallest absolute Gasteiger partial charge is 0.268 e. The lowest BCUT2D eigenvalue weighted by atomic mass is 10.00. The van der Waals surface area contributed by atoms with E-state index in [0.29, 0.717) is 6.04 Å². The van der Waals surface area contributed by atoms with Gasteiger partial charge in [-0.15, -0.1) is 0 Å². The second-order valence-electron chi connectivity index (χ2n) is 4.47.